The van der Waals surface area contributed by atoms with Crippen LogP contribution in [0.5, 0.6) is 0 Å². The van der Waals surface area contributed by atoms with Crippen molar-refractivity contribution in [1.82, 2.24) is 15.5 Å². The minimum Gasteiger partial charge on any atom is -0.353 e. The summed E-state index contributed by atoms with van der Waals surface area (Å²) in [6, 6.07) is 10.3. The van der Waals surface area contributed by atoms with E-state index in [2.05, 4.69) is 36.3 Å². The van der Waals surface area contributed by atoms with E-state index in [1.54, 1.807) is 0 Å². The van der Waals surface area contributed by atoms with E-state index in [9.17, 15) is 9.59 Å². The van der Waals surface area contributed by atoms with Crippen molar-refractivity contribution in [3.8, 4) is 0 Å². The molecule has 0 bridgehead atoms. The monoisotopic (exact) mass is 371 g/mol. The number of nitrogens with zero attached hydrogens (tertiary/aromatic N) is 1. The maximum Gasteiger partial charge on any atom is 0.242 e. The number of rotatable bonds is 7. The zero-order valence-electron chi connectivity index (χ0n) is 16.8. The van der Waals surface area contributed by atoms with Crippen molar-refractivity contribution in [3.63, 3.8) is 0 Å². The van der Waals surface area contributed by atoms with Gasteiger partial charge in [0.05, 0.1) is 0 Å². The van der Waals surface area contributed by atoms with Gasteiger partial charge in [-0.3, -0.25) is 14.5 Å². The van der Waals surface area contributed by atoms with E-state index < -0.39 is 0 Å². The van der Waals surface area contributed by atoms with Gasteiger partial charge < -0.3 is 10.6 Å². The Morgan fingerprint density at radius 3 is 2.19 bits per heavy atom. The number of amides is 2. The van der Waals surface area contributed by atoms with Crippen LogP contribution in [0.15, 0.2) is 30.3 Å². The molecule has 1 saturated carbocycles. The Morgan fingerprint density at radius 1 is 1.00 bits per heavy atom. The summed E-state index contributed by atoms with van der Waals surface area (Å²) in [4.78, 5) is 27.7. The Hall–Kier alpha value is -1.88. The first-order chi connectivity index (χ1) is 13.0. The van der Waals surface area contributed by atoms with Crippen LogP contribution in [0, 0.1) is 11.8 Å². The van der Waals surface area contributed by atoms with E-state index in [-0.39, 0.29) is 29.8 Å². The standard InChI is InChI=1S/C22H33N3O2/c1-15(2)16(3)23-21(26)18-11-13-25(14-12-18)20(17-7-5-4-6-8-17)22(27)24-19-9-10-19/h4-8,15-16,18-20H,9-14H2,1-3H3,(H,23,26)(H,24,27). The van der Waals surface area contributed by atoms with Crippen molar-refractivity contribution >= 4 is 11.8 Å². The SMILES string of the molecule is CC(C)C(C)NC(=O)C1CCN(C(C(=O)NC2CC2)c2ccccc2)CC1. The highest BCUT2D eigenvalue weighted by molar-refractivity contribution is 5.84. The van der Waals surface area contributed by atoms with Crippen LogP contribution in [-0.2, 0) is 9.59 Å². The molecule has 1 aromatic carbocycles. The van der Waals surface area contributed by atoms with Crippen molar-refractivity contribution in [3.05, 3.63) is 35.9 Å². The van der Waals surface area contributed by atoms with E-state index >= 15 is 0 Å². The van der Waals surface area contributed by atoms with Gasteiger partial charge in [-0.1, -0.05) is 44.2 Å². The van der Waals surface area contributed by atoms with Crippen LogP contribution < -0.4 is 10.6 Å². The van der Waals surface area contributed by atoms with Crippen LogP contribution >= 0.6 is 0 Å². The molecule has 1 aliphatic carbocycles. The normalized spacial score (nSPS) is 20.9. The molecule has 2 atom stereocenters. The maximum atomic E-state index is 12.9. The van der Waals surface area contributed by atoms with E-state index in [4.69, 9.17) is 0 Å². The largest absolute Gasteiger partial charge is 0.353 e. The topological polar surface area (TPSA) is 61.4 Å². The van der Waals surface area contributed by atoms with Gasteiger partial charge in [-0.25, -0.2) is 0 Å². The van der Waals surface area contributed by atoms with E-state index in [0.717, 1.165) is 44.3 Å². The smallest absolute Gasteiger partial charge is 0.242 e. The number of carbonyl (C=O) groups excluding carboxylic acids is 2. The highest BCUT2D eigenvalue weighted by Gasteiger charge is 2.35. The van der Waals surface area contributed by atoms with Gasteiger partial charge in [0.1, 0.15) is 6.04 Å². The molecule has 1 aliphatic heterocycles. The molecule has 0 radical (unpaired) electrons. The van der Waals surface area contributed by atoms with Crippen molar-refractivity contribution in [1.29, 1.82) is 0 Å². The van der Waals surface area contributed by atoms with Gasteiger partial charge in [0, 0.05) is 18.0 Å². The lowest BCUT2D eigenvalue weighted by Gasteiger charge is -2.37. The predicted octanol–water partition coefficient (Wildman–Crippen LogP) is 2.88. The molecule has 1 aromatic rings. The zero-order chi connectivity index (χ0) is 19.4. The number of nitrogens with one attached hydrogen (secondary N) is 2. The first kappa shape index (κ1) is 19.9. The van der Waals surface area contributed by atoms with Gasteiger partial charge >= 0.3 is 0 Å². The summed E-state index contributed by atoms with van der Waals surface area (Å²) in [5, 5.41) is 6.31. The average Bonchev–Trinajstić information content (AvgIpc) is 3.47. The van der Waals surface area contributed by atoms with Crippen LogP contribution in [0.3, 0.4) is 0 Å². The van der Waals surface area contributed by atoms with Gasteiger partial charge in [0.25, 0.3) is 0 Å². The first-order valence-electron chi connectivity index (χ1n) is 10.4. The second kappa shape index (κ2) is 8.87. The number of carbonyl (C=O) groups is 2. The molecule has 5 heteroatoms. The zero-order valence-corrected chi connectivity index (χ0v) is 16.8. The molecule has 5 nitrogen and oxygen atoms in total. The molecule has 0 aromatic heterocycles. The summed E-state index contributed by atoms with van der Waals surface area (Å²) >= 11 is 0. The summed E-state index contributed by atoms with van der Waals surface area (Å²) in [6.07, 6.45) is 3.78. The first-order valence-corrected chi connectivity index (χ1v) is 10.4. The minimum absolute atomic E-state index is 0.0466. The molecule has 148 valence electrons. The van der Waals surface area contributed by atoms with Gasteiger partial charge in [-0.2, -0.15) is 0 Å². The number of hydrogen-bond donors (Lipinski definition) is 2. The number of benzene rings is 1. The van der Waals surface area contributed by atoms with Crippen LogP contribution in [0.4, 0.5) is 0 Å². The molecular formula is C22H33N3O2. The molecule has 1 saturated heterocycles. The highest BCUT2D eigenvalue weighted by Crippen LogP contribution is 2.29. The third kappa shape index (κ3) is 5.32. The van der Waals surface area contributed by atoms with Crippen molar-refractivity contribution in [2.24, 2.45) is 11.8 Å². The summed E-state index contributed by atoms with van der Waals surface area (Å²) < 4.78 is 0. The van der Waals surface area contributed by atoms with Crippen molar-refractivity contribution < 1.29 is 9.59 Å². The third-order valence-corrected chi connectivity index (χ3v) is 5.92. The van der Waals surface area contributed by atoms with Crippen molar-refractivity contribution in [2.75, 3.05) is 13.1 Å². The van der Waals surface area contributed by atoms with E-state index in [1.165, 1.54) is 0 Å². The molecule has 2 aliphatic rings. The summed E-state index contributed by atoms with van der Waals surface area (Å²) in [7, 11) is 0. The lowest BCUT2D eigenvalue weighted by Crippen LogP contribution is -2.48. The van der Waals surface area contributed by atoms with Crippen LogP contribution in [0.25, 0.3) is 0 Å². The van der Waals surface area contributed by atoms with Gasteiger partial charge in [-0.15, -0.1) is 0 Å². The molecule has 2 amide bonds. The van der Waals surface area contributed by atoms with Gasteiger partial charge in [-0.05, 0) is 57.2 Å². The predicted molar refractivity (Wildman–Crippen MR) is 107 cm³/mol. The fourth-order valence-corrected chi connectivity index (χ4v) is 3.60. The summed E-state index contributed by atoms with van der Waals surface area (Å²) in [5.41, 5.74) is 1.03. The van der Waals surface area contributed by atoms with Crippen LogP contribution in [0.1, 0.15) is 58.1 Å². The second-order valence-corrected chi connectivity index (χ2v) is 8.45. The maximum absolute atomic E-state index is 12.9. The number of piperidine rings is 1. The molecular weight excluding hydrogens is 338 g/mol. The Kier molecular flexibility index (Phi) is 6.53. The quantitative estimate of drug-likeness (QED) is 0.775. The van der Waals surface area contributed by atoms with Crippen LogP contribution in [0.2, 0.25) is 0 Å². The molecule has 0 spiro atoms. The van der Waals surface area contributed by atoms with E-state index in [1.807, 2.05) is 30.3 Å². The highest BCUT2D eigenvalue weighted by atomic mass is 16.2. The van der Waals surface area contributed by atoms with Gasteiger partial charge in [0.2, 0.25) is 11.8 Å². The Morgan fingerprint density at radius 2 is 1.63 bits per heavy atom. The lowest BCUT2D eigenvalue weighted by atomic mass is 9.92. The fourth-order valence-electron chi connectivity index (χ4n) is 3.60. The molecule has 1 heterocycles. The molecule has 2 unspecified atom stereocenters. The van der Waals surface area contributed by atoms with Gasteiger partial charge in [0.15, 0.2) is 0 Å². The number of likely N-dealkylation sites (tertiary alicyclic amines) is 1. The average molecular weight is 372 g/mol. The van der Waals surface area contributed by atoms with Crippen molar-refractivity contribution in [2.45, 2.75) is 64.6 Å². The Labute approximate surface area is 162 Å². The third-order valence-electron chi connectivity index (χ3n) is 5.92. The number of hydrogen-bond acceptors (Lipinski definition) is 3. The molecule has 3 rings (SSSR count). The minimum atomic E-state index is -0.259. The molecule has 2 N–H and O–H groups in total. The summed E-state index contributed by atoms with van der Waals surface area (Å²) in [5.74, 6) is 0.738. The molecule has 27 heavy (non-hydrogen) atoms. The Bertz CT molecular complexity index is 634. The second-order valence-electron chi connectivity index (χ2n) is 8.45. The van der Waals surface area contributed by atoms with E-state index in [0.29, 0.717) is 12.0 Å². The summed E-state index contributed by atoms with van der Waals surface area (Å²) in [6.45, 7) is 7.84. The van der Waals surface area contributed by atoms with Crippen LogP contribution in [-0.4, -0.2) is 41.9 Å². The fraction of sp³-hybridized carbons (Fsp3) is 0.636. The lowest BCUT2D eigenvalue weighted by molar-refractivity contribution is -0.129. The molecule has 2 fully saturated rings. The Balaban J connectivity index is 1.62.